The first kappa shape index (κ1) is 15.9. The Morgan fingerprint density at radius 3 is 2.71 bits per heavy atom. The number of carbonyl (C=O) groups excluding carboxylic acids is 1. The predicted octanol–water partition coefficient (Wildman–Crippen LogP) is 1.33. The van der Waals surface area contributed by atoms with Gasteiger partial charge in [0.2, 0.25) is 5.82 Å². The van der Waals surface area contributed by atoms with Crippen molar-refractivity contribution in [1.82, 2.24) is 19.6 Å². The van der Waals surface area contributed by atoms with Crippen LogP contribution in [-0.2, 0) is 0 Å². The summed E-state index contributed by atoms with van der Waals surface area (Å²) in [6.07, 6.45) is 0. The molecule has 0 radical (unpaired) electrons. The first-order chi connectivity index (χ1) is 11.6. The Morgan fingerprint density at radius 2 is 2.00 bits per heavy atom. The average Bonchev–Trinajstić information content (AvgIpc) is 2.98. The molecule has 24 heavy (non-hydrogen) atoms. The topological polar surface area (TPSA) is 107 Å². The van der Waals surface area contributed by atoms with Crippen LogP contribution in [0.15, 0.2) is 30.3 Å². The minimum atomic E-state index is -0.395. The van der Waals surface area contributed by atoms with Gasteiger partial charge in [0.25, 0.3) is 11.7 Å². The molecular formula is C16H18N6O2. The second-order valence-corrected chi connectivity index (χ2v) is 5.30. The van der Waals surface area contributed by atoms with Gasteiger partial charge in [-0.25, -0.2) is 9.50 Å². The van der Waals surface area contributed by atoms with Gasteiger partial charge >= 0.3 is 0 Å². The lowest BCUT2D eigenvalue weighted by molar-refractivity contribution is 0.101. The lowest BCUT2D eigenvalue weighted by Crippen LogP contribution is -2.14. The molecule has 0 aliphatic rings. The Bertz CT molecular complexity index is 872. The highest BCUT2D eigenvalue weighted by Gasteiger charge is 2.15. The Balaban J connectivity index is 1.76. The van der Waals surface area contributed by atoms with E-state index in [-0.39, 0.29) is 5.82 Å². The zero-order valence-corrected chi connectivity index (χ0v) is 13.5. The standard InChI is InChI=1S/C16H18N6O2/c1-10-9-11(2)22-16(18-10)20-14(21-22)15(23)19-12-3-5-13(6-4-12)24-8-7-17/h3-6,9H,7-8,17H2,1-2H3,(H,19,23). The van der Waals surface area contributed by atoms with Crippen LogP contribution in [0.5, 0.6) is 5.75 Å². The first-order valence-corrected chi connectivity index (χ1v) is 7.52. The molecule has 8 nitrogen and oxygen atoms in total. The van der Waals surface area contributed by atoms with Gasteiger partial charge in [0.05, 0.1) is 0 Å². The number of aryl methyl sites for hydroxylation is 2. The van der Waals surface area contributed by atoms with Crippen molar-refractivity contribution in [3.05, 3.63) is 47.5 Å². The zero-order chi connectivity index (χ0) is 17.1. The summed E-state index contributed by atoms with van der Waals surface area (Å²) in [5.74, 6) is 0.774. The smallest absolute Gasteiger partial charge is 0.295 e. The fraction of sp³-hybridized carbons (Fsp3) is 0.250. The molecular weight excluding hydrogens is 308 g/mol. The number of fused-ring (bicyclic) bond motifs is 1. The summed E-state index contributed by atoms with van der Waals surface area (Å²) in [7, 11) is 0. The van der Waals surface area contributed by atoms with E-state index in [1.807, 2.05) is 19.9 Å². The maximum atomic E-state index is 12.3. The van der Waals surface area contributed by atoms with E-state index < -0.39 is 5.91 Å². The molecule has 124 valence electrons. The number of hydrogen-bond acceptors (Lipinski definition) is 6. The van der Waals surface area contributed by atoms with Crippen molar-refractivity contribution in [2.24, 2.45) is 5.73 Å². The molecule has 0 saturated carbocycles. The third-order valence-electron chi connectivity index (χ3n) is 3.32. The summed E-state index contributed by atoms with van der Waals surface area (Å²) in [6.45, 7) is 4.65. The molecule has 1 amide bonds. The van der Waals surface area contributed by atoms with E-state index in [0.717, 1.165) is 11.4 Å². The molecule has 2 aromatic heterocycles. The Labute approximate surface area is 138 Å². The number of carbonyl (C=O) groups is 1. The highest BCUT2D eigenvalue weighted by molar-refractivity contribution is 6.01. The molecule has 0 fully saturated rings. The number of amides is 1. The molecule has 2 heterocycles. The van der Waals surface area contributed by atoms with Crippen LogP contribution in [0, 0.1) is 13.8 Å². The van der Waals surface area contributed by atoms with Crippen LogP contribution >= 0.6 is 0 Å². The first-order valence-electron chi connectivity index (χ1n) is 7.52. The summed E-state index contributed by atoms with van der Waals surface area (Å²) in [5.41, 5.74) is 7.70. The molecule has 8 heteroatoms. The number of hydrogen-bond donors (Lipinski definition) is 2. The largest absolute Gasteiger partial charge is 0.492 e. The quantitative estimate of drug-likeness (QED) is 0.732. The molecule has 3 aromatic rings. The van der Waals surface area contributed by atoms with Crippen molar-refractivity contribution < 1.29 is 9.53 Å². The van der Waals surface area contributed by atoms with Crippen molar-refractivity contribution in [2.75, 3.05) is 18.5 Å². The molecule has 0 spiro atoms. The SMILES string of the molecule is Cc1cc(C)n2nc(C(=O)Nc3ccc(OCCN)cc3)nc2n1. The fourth-order valence-electron chi connectivity index (χ4n) is 2.26. The van der Waals surface area contributed by atoms with E-state index in [1.54, 1.807) is 28.8 Å². The van der Waals surface area contributed by atoms with Gasteiger partial charge in [0.1, 0.15) is 12.4 Å². The lowest BCUT2D eigenvalue weighted by Gasteiger charge is -2.06. The summed E-state index contributed by atoms with van der Waals surface area (Å²) < 4.78 is 6.94. The van der Waals surface area contributed by atoms with Crippen LogP contribution in [0.3, 0.4) is 0 Å². The van der Waals surface area contributed by atoms with Gasteiger partial charge in [-0.1, -0.05) is 0 Å². The van der Waals surface area contributed by atoms with Crippen LogP contribution in [0.25, 0.3) is 5.78 Å². The normalized spacial score (nSPS) is 10.8. The molecule has 3 N–H and O–H groups in total. The van der Waals surface area contributed by atoms with Gasteiger partial charge in [0, 0.05) is 23.6 Å². The second kappa shape index (κ2) is 6.63. The van der Waals surface area contributed by atoms with Crippen molar-refractivity contribution in [1.29, 1.82) is 0 Å². The Morgan fingerprint density at radius 1 is 1.25 bits per heavy atom. The van der Waals surface area contributed by atoms with Crippen molar-refractivity contribution >= 4 is 17.4 Å². The number of anilines is 1. The number of benzene rings is 1. The molecule has 0 saturated heterocycles. The van der Waals surface area contributed by atoms with Crippen molar-refractivity contribution in [2.45, 2.75) is 13.8 Å². The average molecular weight is 326 g/mol. The predicted molar refractivity (Wildman–Crippen MR) is 89.2 cm³/mol. The maximum absolute atomic E-state index is 12.3. The van der Waals surface area contributed by atoms with E-state index in [0.29, 0.717) is 30.4 Å². The fourth-order valence-corrected chi connectivity index (χ4v) is 2.26. The zero-order valence-electron chi connectivity index (χ0n) is 13.5. The third-order valence-corrected chi connectivity index (χ3v) is 3.32. The Kier molecular flexibility index (Phi) is 4.39. The van der Waals surface area contributed by atoms with Gasteiger partial charge in [-0.3, -0.25) is 4.79 Å². The molecule has 3 rings (SSSR count). The molecule has 0 bridgehead atoms. The summed E-state index contributed by atoms with van der Waals surface area (Å²) in [5, 5.41) is 6.95. The van der Waals surface area contributed by atoms with Gasteiger partial charge in [-0.2, -0.15) is 4.98 Å². The summed E-state index contributed by atoms with van der Waals surface area (Å²) in [6, 6.07) is 8.89. The maximum Gasteiger partial charge on any atom is 0.295 e. The molecule has 0 atom stereocenters. The number of nitrogens with zero attached hydrogens (tertiary/aromatic N) is 4. The van der Waals surface area contributed by atoms with Gasteiger partial charge in [-0.05, 0) is 44.2 Å². The second-order valence-electron chi connectivity index (χ2n) is 5.30. The number of aromatic nitrogens is 4. The van der Waals surface area contributed by atoms with E-state index in [1.165, 1.54) is 0 Å². The number of ether oxygens (including phenoxy) is 1. The number of nitrogens with one attached hydrogen (secondary N) is 1. The van der Waals surface area contributed by atoms with E-state index in [9.17, 15) is 4.79 Å². The van der Waals surface area contributed by atoms with Gasteiger partial charge in [-0.15, -0.1) is 5.10 Å². The third kappa shape index (κ3) is 3.33. The minimum absolute atomic E-state index is 0.0691. The highest BCUT2D eigenvalue weighted by Crippen LogP contribution is 2.16. The monoisotopic (exact) mass is 326 g/mol. The van der Waals surface area contributed by atoms with Crippen LogP contribution in [0.2, 0.25) is 0 Å². The van der Waals surface area contributed by atoms with Crippen LogP contribution < -0.4 is 15.8 Å². The van der Waals surface area contributed by atoms with Crippen LogP contribution in [0.4, 0.5) is 5.69 Å². The van der Waals surface area contributed by atoms with Crippen molar-refractivity contribution in [3.63, 3.8) is 0 Å². The lowest BCUT2D eigenvalue weighted by atomic mass is 10.3. The molecule has 0 aliphatic heterocycles. The van der Waals surface area contributed by atoms with E-state index >= 15 is 0 Å². The van der Waals surface area contributed by atoms with Crippen LogP contribution in [-0.4, -0.2) is 38.6 Å². The Hall–Kier alpha value is -3.00. The summed E-state index contributed by atoms with van der Waals surface area (Å²) >= 11 is 0. The van der Waals surface area contributed by atoms with Crippen molar-refractivity contribution in [3.8, 4) is 5.75 Å². The molecule has 0 aliphatic carbocycles. The van der Waals surface area contributed by atoms with Crippen LogP contribution in [0.1, 0.15) is 22.0 Å². The molecule has 1 aromatic carbocycles. The number of nitrogens with two attached hydrogens (primary N) is 1. The van der Waals surface area contributed by atoms with E-state index in [4.69, 9.17) is 10.5 Å². The molecule has 0 unspecified atom stereocenters. The van der Waals surface area contributed by atoms with Gasteiger partial charge < -0.3 is 15.8 Å². The summed E-state index contributed by atoms with van der Waals surface area (Å²) in [4.78, 5) is 20.8. The minimum Gasteiger partial charge on any atom is -0.492 e. The van der Waals surface area contributed by atoms with E-state index in [2.05, 4.69) is 20.4 Å². The van der Waals surface area contributed by atoms with Gasteiger partial charge in [0.15, 0.2) is 0 Å². The number of rotatable bonds is 5. The highest BCUT2D eigenvalue weighted by atomic mass is 16.5.